The average molecular weight is 271 g/mol. The van der Waals surface area contributed by atoms with E-state index in [4.69, 9.17) is 9.84 Å². The summed E-state index contributed by atoms with van der Waals surface area (Å²) in [5, 5.41) is 8.93. The van der Waals surface area contributed by atoms with Crippen LogP contribution in [0.5, 0.6) is 5.75 Å². The molecule has 0 aliphatic carbocycles. The number of carboxylic acids is 1. The lowest BCUT2D eigenvalue weighted by molar-refractivity contribution is -0.143. The zero-order valence-corrected chi connectivity index (χ0v) is 9.87. The van der Waals surface area contributed by atoms with Gasteiger partial charge in [0.25, 0.3) is 0 Å². The minimum absolute atomic E-state index is 0.264. The van der Waals surface area contributed by atoms with Crippen molar-refractivity contribution in [3.8, 4) is 5.75 Å². The number of aliphatic carboxylic acids is 1. The standard InChI is InChI=1S/C11H11BrO3/c1-6-2-3-9(12)8-4-7(11(13)14)5-15-10(6)8/h2-3,7H,4-5H2,1H3,(H,13,14)/t7-/m1/s1. The van der Waals surface area contributed by atoms with Crippen molar-refractivity contribution in [3.05, 3.63) is 27.7 Å². The summed E-state index contributed by atoms with van der Waals surface area (Å²) in [5.74, 6) is -0.397. The van der Waals surface area contributed by atoms with Crippen molar-refractivity contribution < 1.29 is 14.6 Å². The molecule has 3 nitrogen and oxygen atoms in total. The van der Waals surface area contributed by atoms with Crippen LogP contribution in [0, 0.1) is 12.8 Å². The second kappa shape index (κ2) is 3.85. The molecule has 0 saturated heterocycles. The Bertz CT molecular complexity index is 415. The molecule has 0 bridgehead atoms. The topological polar surface area (TPSA) is 46.5 Å². The van der Waals surface area contributed by atoms with Gasteiger partial charge in [-0.15, -0.1) is 0 Å². The van der Waals surface area contributed by atoms with Gasteiger partial charge < -0.3 is 9.84 Å². The zero-order chi connectivity index (χ0) is 11.0. The van der Waals surface area contributed by atoms with Crippen molar-refractivity contribution >= 4 is 21.9 Å². The molecule has 0 spiro atoms. The summed E-state index contributed by atoms with van der Waals surface area (Å²) >= 11 is 3.42. The van der Waals surface area contributed by atoms with Gasteiger partial charge in [0, 0.05) is 10.0 Å². The van der Waals surface area contributed by atoms with Crippen LogP contribution in [0.3, 0.4) is 0 Å². The first-order valence-corrected chi connectivity index (χ1v) is 5.52. The number of carboxylic acid groups (broad SMARTS) is 1. The fourth-order valence-electron chi connectivity index (χ4n) is 1.76. The molecule has 0 saturated carbocycles. The van der Waals surface area contributed by atoms with Crippen molar-refractivity contribution in [1.82, 2.24) is 0 Å². The van der Waals surface area contributed by atoms with Gasteiger partial charge in [-0.3, -0.25) is 4.79 Å². The monoisotopic (exact) mass is 270 g/mol. The molecular formula is C11H11BrO3. The number of ether oxygens (including phenoxy) is 1. The molecule has 1 aliphatic rings. The smallest absolute Gasteiger partial charge is 0.310 e. The van der Waals surface area contributed by atoms with E-state index in [1.54, 1.807) is 0 Å². The SMILES string of the molecule is Cc1ccc(Br)c2c1OC[C@H](C(=O)O)C2. The van der Waals surface area contributed by atoms with E-state index in [9.17, 15) is 4.79 Å². The highest BCUT2D eigenvalue weighted by molar-refractivity contribution is 9.10. The lowest BCUT2D eigenvalue weighted by atomic mass is 9.95. The molecule has 0 aromatic heterocycles. The van der Waals surface area contributed by atoms with E-state index in [0.29, 0.717) is 6.42 Å². The Morgan fingerprint density at radius 2 is 2.33 bits per heavy atom. The predicted molar refractivity (Wildman–Crippen MR) is 59.2 cm³/mol. The summed E-state index contributed by atoms with van der Waals surface area (Å²) in [6.45, 7) is 2.23. The van der Waals surface area contributed by atoms with E-state index in [1.807, 2.05) is 19.1 Å². The maximum absolute atomic E-state index is 10.9. The van der Waals surface area contributed by atoms with Gasteiger partial charge in [-0.1, -0.05) is 22.0 Å². The normalized spacial score (nSPS) is 19.2. The van der Waals surface area contributed by atoms with Crippen LogP contribution in [0.2, 0.25) is 0 Å². The van der Waals surface area contributed by atoms with E-state index in [2.05, 4.69) is 15.9 Å². The average Bonchev–Trinajstić information content (AvgIpc) is 2.23. The quantitative estimate of drug-likeness (QED) is 0.853. The Hall–Kier alpha value is -1.03. The minimum atomic E-state index is -0.797. The fraction of sp³-hybridized carbons (Fsp3) is 0.364. The van der Waals surface area contributed by atoms with Gasteiger partial charge in [0.2, 0.25) is 0 Å². The first-order chi connectivity index (χ1) is 7.09. The molecule has 0 unspecified atom stereocenters. The van der Waals surface area contributed by atoms with Gasteiger partial charge in [-0.25, -0.2) is 0 Å². The summed E-state index contributed by atoms with van der Waals surface area (Å²) in [6.07, 6.45) is 0.535. The minimum Gasteiger partial charge on any atom is -0.492 e. The Kier molecular flexibility index (Phi) is 2.69. The number of hydrogen-bond acceptors (Lipinski definition) is 2. The van der Waals surface area contributed by atoms with Gasteiger partial charge in [-0.05, 0) is 25.0 Å². The van der Waals surface area contributed by atoms with Crippen molar-refractivity contribution in [2.24, 2.45) is 5.92 Å². The Balaban J connectivity index is 2.41. The molecule has 1 heterocycles. The van der Waals surface area contributed by atoms with Gasteiger partial charge in [0.1, 0.15) is 12.4 Å². The molecular weight excluding hydrogens is 260 g/mol. The van der Waals surface area contributed by atoms with Gasteiger partial charge in [0.15, 0.2) is 0 Å². The highest BCUT2D eigenvalue weighted by Gasteiger charge is 2.27. The van der Waals surface area contributed by atoms with Crippen LogP contribution in [0.15, 0.2) is 16.6 Å². The largest absolute Gasteiger partial charge is 0.492 e. The van der Waals surface area contributed by atoms with Crippen molar-refractivity contribution in [2.75, 3.05) is 6.61 Å². The van der Waals surface area contributed by atoms with Crippen LogP contribution >= 0.6 is 15.9 Å². The molecule has 0 amide bonds. The summed E-state index contributed by atoms with van der Waals surface area (Å²) in [5.41, 5.74) is 2.02. The molecule has 1 N–H and O–H groups in total. The van der Waals surface area contributed by atoms with E-state index < -0.39 is 11.9 Å². The Labute approximate surface area is 96.2 Å². The van der Waals surface area contributed by atoms with Crippen molar-refractivity contribution in [2.45, 2.75) is 13.3 Å². The lowest BCUT2D eigenvalue weighted by Crippen LogP contribution is -2.28. The van der Waals surface area contributed by atoms with E-state index >= 15 is 0 Å². The molecule has 80 valence electrons. The maximum Gasteiger partial charge on any atom is 0.310 e. The van der Waals surface area contributed by atoms with E-state index in [-0.39, 0.29) is 6.61 Å². The van der Waals surface area contributed by atoms with Crippen molar-refractivity contribution in [3.63, 3.8) is 0 Å². The lowest BCUT2D eigenvalue weighted by Gasteiger charge is -2.24. The number of hydrogen-bond donors (Lipinski definition) is 1. The summed E-state index contributed by atoms with van der Waals surface area (Å²) < 4.78 is 6.42. The van der Waals surface area contributed by atoms with Crippen LogP contribution in [-0.2, 0) is 11.2 Å². The third-order valence-corrected chi connectivity index (χ3v) is 3.37. The third-order valence-electron chi connectivity index (χ3n) is 2.63. The van der Waals surface area contributed by atoms with Crippen LogP contribution < -0.4 is 4.74 Å². The van der Waals surface area contributed by atoms with E-state index in [0.717, 1.165) is 21.3 Å². The first kappa shape index (κ1) is 10.5. The van der Waals surface area contributed by atoms with Crippen LogP contribution in [-0.4, -0.2) is 17.7 Å². The highest BCUT2D eigenvalue weighted by atomic mass is 79.9. The molecule has 1 atom stereocenters. The molecule has 1 aromatic rings. The maximum atomic E-state index is 10.9. The molecule has 2 rings (SSSR count). The number of fused-ring (bicyclic) bond motifs is 1. The predicted octanol–water partition coefficient (Wildman–Crippen LogP) is 2.39. The fourth-order valence-corrected chi connectivity index (χ4v) is 2.23. The van der Waals surface area contributed by atoms with E-state index in [1.165, 1.54) is 0 Å². The number of carbonyl (C=O) groups is 1. The Morgan fingerprint density at radius 3 is 3.00 bits per heavy atom. The van der Waals surface area contributed by atoms with Gasteiger partial charge in [0.05, 0.1) is 5.92 Å². The van der Waals surface area contributed by atoms with Gasteiger partial charge in [-0.2, -0.15) is 0 Å². The van der Waals surface area contributed by atoms with Gasteiger partial charge >= 0.3 is 5.97 Å². The molecule has 0 fully saturated rings. The second-order valence-corrected chi connectivity index (χ2v) is 4.58. The van der Waals surface area contributed by atoms with Crippen LogP contribution in [0.4, 0.5) is 0 Å². The first-order valence-electron chi connectivity index (χ1n) is 4.73. The zero-order valence-electron chi connectivity index (χ0n) is 8.29. The summed E-state index contributed by atoms with van der Waals surface area (Å²) in [4.78, 5) is 10.9. The molecule has 1 aromatic carbocycles. The number of halogens is 1. The molecule has 1 aliphatic heterocycles. The highest BCUT2D eigenvalue weighted by Crippen LogP contribution is 2.35. The van der Waals surface area contributed by atoms with Crippen LogP contribution in [0.25, 0.3) is 0 Å². The number of benzene rings is 1. The molecule has 0 radical (unpaired) electrons. The third kappa shape index (κ3) is 1.86. The van der Waals surface area contributed by atoms with Crippen LogP contribution in [0.1, 0.15) is 11.1 Å². The molecule has 15 heavy (non-hydrogen) atoms. The summed E-state index contributed by atoms with van der Waals surface area (Å²) in [7, 11) is 0. The second-order valence-electron chi connectivity index (χ2n) is 3.72. The number of aryl methyl sites for hydroxylation is 1. The molecule has 4 heteroatoms. The van der Waals surface area contributed by atoms with Crippen molar-refractivity contribution in [1.29, 1.82) is 0 Å². The summed E-state index contributed by atoms with van der Waals surface area (Å²) in [6, 6.07) is 3.89. The Morgan fingerprint density at radius 1 is 1.60 bits per heavy atom. The number of rotatable bonds is 1.